The fourth-order valence-corrected chi connectivity index (χ4v) is 6.47. The first kappa shape index (κ1) is 24.5. The van der Waals surface area contributed by atoms with E-state index in [1.165, 1.54) is 4.57 Å². The van der Waals surface area contributed by atoms with Crippen molar-refractivity contribution in [3.05, 3.63) is 50.8 Å². The number of cyclic esters (lactones) is 1. The Kier molecular flexibility index (Phi) is 5.57. The fourth-order valence-electron chi connectivity index (χ4n) is 5.30. The van der Waals surface area contributed by atoms with Crippen LogP contribution in [-0.2, 0) is 28.3 Å². The first-order valence-electron chi connectivity index (χ1n) is 12.4. The van der Waals surface area contributed by atoms with Gasteiger partial charge in [0, 0.05) is 10.9 Å². The second kappa shape index (κ2) is 8.17. The van der Waals surface area contributed by atoms with Crippen LogP contribution in [0.4, 0.5) is 0 Å². The zero-order valence-electron chi connectivity index (χ0n) is 21.6. The van der Waals surface area contributed by atoms with E-state index in [0.717, 1.165) is 27.8 Å². The van der Waals surface area contributed by atoms with Gasteiger partial charge in [0.05, 0.1) is 43.6 Å². The smallest absolute Gasteiger partial charge is 0.343 e. The molecule has 1 aromatic carbocycles. The Balaban J connectivity index is 1.84. The summed E-state index contributed by atoms with van der Waals surface area (Å²) in [6.07, 6.45) is -0.0388. The van der Waals surface area contributed by atoms with Gasteiger partial charge in [0.2, 0.25) is 0 Å². The molecule has 5 rings (SSSR count). The molecule has 2 aliphatic rings. The largest absolute Gasteiger partial charge is 0.505 e. The topological polar surface area (TPSA) is 111 Å². The Labute approximate surface area is 210 Å². The third-order valence-electron chi connectivity index (χ3n) is 7.82. The van der Waals surface area contributed by atoms with Crippen LogP contribution in [0.15, 0.2) is 23.0 Å². The van der Waals surface area contributed by atoms with Crippen molar-refractivity contribution >= 4 is 24.9 Å². The molecule has 0 amide bonds. The quantitative estimate of drug-likeness (QED) is 0.308. The summed E-state index contributed by atoms with van der Waals surface area (Å²) in [5, 5.41) is 23.5. The molecule has 4 heterocycles. The van der Waals surface area contributed by atoms with E-state index in [1.807, 2.05) is 19.1 Å². The first-order valence-corrected chi connectivity index (χ1v) is 16.0. The normalized spacial score (nSPS) is 19.5. The van der Waals surface area contributed by atoms with Crippen LogP contribution in [0.2, 0.25) is 19.6 Å². The molecule has 0 aliphatic carbocycles. The summed E-state index contributed by atoms with van der Waals surface area (Å²) < 4.78 is 12.5. The lowest BCUT2D eigenvalue weighted by atomic mass is 9.85. The highest BCUT2D eigenvalue weighted by molar-refractivity contribution is 6.77. The average molecular weight is 509 g/mol. The zero-order chi connectivity index (χ0) is 26.2. The Hall–Kier alpha value is -3.17. The van der Waals surface area contributed by atoms with Crippen LogP contribution in [0.5, 0.6) is 11.5 Å². The van der Waals surface area contributed by atoms with Crippen LogP contribution >= 0.6 is 0 Å². The molecule has 2 N–H and O–H groups in total. The highest BCUT2D eigenvalue weighted by atomic mass is 28.3. The Morgan fingerprint density at radius 3 is 2.61 bits per heavy atom. The van der Waals surface area contributed by atoms with Crippen molar-refractivity contribution in [1.82, 2.24) is 9.55 Å². The van der Waals surface area contributed by atoms with E-state index in [-0.39, 0.29) is 42.1 Å². The maximum atomic E-state index is 13.5. The van der Waals surface area contributed by atoms with Crippen LogP contribution < -0.4 is 10.3 Å². The lowest BCUT2D eigenvalue weighted by Gasteiger charge is -2.32. The van der Waals surface area contributed by atoms with E-state index in [9.17, 15) is 19.8 Å². The van der Waals surface area contributed by atoms with Gasteiger partial charge in [0.1, 0.15) is 23.8 Å². The number of ether oxygens (including phenoxy) is 2. The molecule has 2 aliphatic heterocycles. The average Bonchev–Trinajstić information content (AvgIpc) is 3.21. The van der Waals surface area contributed by atoms with E-state index < -0.39 is 25.2 Å². The number of carbonyl (C=O) groups is 1. The SMILES string of the molecule is CCOc1ccc(C(C)[Si](C)(C)C)c2nc3c(cc12)Cn1c-3c(O)c2c(c1=O)COC(=O)[C@]2(O)CC. The van der Waals surface area contributed by atoms with E-state index in [2.05, 4.69) is 32.6 Å². The summed E-state index contributed by atoms with van der Waals surface area (Å²) >= 11 is 0. The van der Waals surface area contributed by atoms with Gasteiger partial charge in [-0.2, -0.15) is 0 Å². The van der Waals surface area contributed by atoms with Gasteiger partial charge in [0.15, 0.2) is 5.60 Å². The van der Waals surface area contributed by atoms with Gasteiger partial charge >= 0.3 is 5.97 Å². The summed E-state index contributed by atoms with van der Waals surface area (Å²) in [6.45, 7) is 13.1. The molecular weight excluding hydrogens is 476 g/mol. The summed E-state index contributed by atoms with van der Waals surface area (Å²) in [4.78, 5) is 31.0. The number of fused-ring (bicyclic) bond motifs is 5. The second-order valence-corrected chi connectivity index (χ2v) is 16.4. The van der Waals surface area contributed by atoms with E-state index in [0.29, 0.717) is 17.8 Å². The summed E-state index contributed by atoms with van der Waals surface area (Å²) in [5.74, 6) is -0.438. The molecule has 190 valence electrons. The standard InChI is InChI=1S/C27H32N2O6Si/c1-7-27(33)20-18(13-35-26(27)32)25(31)29-12-15-11-17-19(34-8-2)10-9-16(14(3)36(4,5)6)22(17)28-21(15)23(29)24(20)30/h9-11,14,30,33H,7-8,12-13H2,1-6H3/t14?,27-/m0/s1. The monoisotopic (exact) mass is 508 g/mol. The second-order valence-electron chi connectivity index (χ2n) is 10.8. The van der Waals surface area contributed by atoms with Gasteiger partial charge in [0.25, 0.3) is 5.56 Å². The first-order chi connectivity index (χ1) is 16.9. The number of aromatic hydroxyl groups is 1. The molecule has 0 bridgehead atoms. The fraction of sp³-hybridized carbons (Fsp3) is 0.444. The molecule has 8 nitrogen and oxygen atoms in total. The zero-order valence-corrected chi connectivity index (χ0v) is 22.6. The maximum Gasteiger partial charge on any atom is 0.343 e. The number of nitrogens with zero attached hydrogens (tertiary/aromatic N) is 2. The number of carbonyl (C=O) groups excluding carboxylic acids is 1. The summed E-state index contributed by atoms with van der Waals surface area (Å²) in [6, 6.07) is 6.04. The lowest BCUT2D eigenvalue weighted by Crippen LogP contribution is -2.44. The van der Waals surface area contributed by atoms with Gasteiger partial charge < -0.3 is 19.7 Å². The molecule has 0 spiro atoms. The van der Waals surface area contributed by atoms with Gasteiger partial charge in [-0.3, -0.25) is 9.36 Å². The number of esters is 1. The van der Waals surface area contributed by atoms with Gasteiger partial charge in [-0.1, -0.05) is 39.6 Å². The van der Waals surface area contributed by atoms with Crippen molar-refractivity contribution < 1.29 is 24.5 Å². The number of hydrogen-bond donors (Lipinski definition) is 2. The Bertz CT molecular complexity index is 1490. The van der Waals surface area contributed by atoms with Crippen molar-refractivity contribution in [2.45, 2.75) is 71.1 Å². The molecule has 36 heavy (non-hydrogen) atoms. The molecule has 0 radical (unpaired) electrons. The number of hydrogen-bond acceptors (Lipinski definition) is 7. The number of benzene rings is 1. The molecule has 3 aromatic rings. The molecule has 9 heteroatoms. The molecule has 2 aromatic heterocycles. The van der Waals surface area contributed by atoms with E-state index in [4.69, 9.17) is 14.5 Å². The Morgan fingerprint density at radius 2 is 1.97 bits per heavy atom. The highest BCUT2D eigenvalue weighted by Gasteiger charge is 2.48. The number of pyridine rings is 2. The minimum atomic E-state index is -2.09. The van der Waals surface area contributed by atoms with Crippen LogP contribution in [0.1, 0.15) is 55.0 Å². The highest BCUT2D eigenvalue weighted by Crippen LogP contribution is 2.47. The molecule has 0 saturated carbocycles. The van der Waals surface area contributed by atoms with E-state index in [1.54, 1.807) is 6.92 Å². The Morgan fingerprint density at radius 1 is 1.25 bits per heavy atom. The number of rotatable bonds is 5. The molecule has 2 atom stereocenters. The molecule has 1 unspecified atom stereocenters. The van der Waals surface area contributed by atoms with Crippen LogP contribution in [0, 0.1) is 0 Å². The molecule has 0 fully saturated rings. The minimum Gasteiger partial charge on any atom is -0.505 e. The third-order valence-corrected chi connectivity index (χ3v) is 10.7. The number of aromatic nitrogens is 2. The van der Waals surface area contributed by atoms with E-state index >= 15 is 0 Å². The van der Waals surface area contributed by atoms with Crippen molar-refractivity contribution in [3.8, 4) is 22.9 Å². The van der Waals surface area contributed by atoms with Crippen molar-refractivity contribution in [1.29, 1.82) is 0 Å². The molecular formula is C27H32N2O6Si. The van der Waals surface area contributed by atoms with Gasteiger partial charge in [-0.05, 0) is 36.6 Å². The van der Waals surface area contributed by atoms with Gasteiger partial charge in [-0.15, -0.1) is 0 Å². The lowest BCUT2D eigenvalue weighted by molar-refractivity contribution is -0.172. The van der Waals surface area contributed by atoms with Crippen molar-refractivity contribution in [2.75, 3.05) is 6.61 Å². The summed E-state index contributed by atoms with van der Waals surface area (Å²) in [7, 11) is -1.59. The van der Waals surface area contributed by atoms with Crippen LogP contribution in [0.3, 0.4) is 0 Å². The predicted molar refractivity (Wildman–Crippen MR) is 139 cm³/mol. The molecule has 0 saturated heterocycles. The predicted octanol–water partition coefficient (Wildman–Crippen LogP) is 4.16. The number of aliphatic hydroxyl groups is 1. The maximum absolute atomic E-state index is 13.5. The van der Waals surface area contributed by atoms with Crippen LogP contribution in [0.25, 0.3) is 22.3 Å². The summed E-state index contributed by atoms with van der Waals surface area (Å²) in [5.41, 5.74) is 1.18. The third kappa shape index (κ3) is 3.32. The van der Waals surface area contributed by atoms with Crippen molar-refractivity contribution in [2.24, 2.45) is 0 Å². The van der Waals surface area contributed by atoms with Gasteiger partial charge in [-0.25, -0.2) is 9.78 Å². The van der Waals surface area contributed by atoms with Crippen LogP contribution in [-0.4, -0.2) is 40.4 Å². The van der Waals surface area contributed by atoms with Crippen molar-refractivity contribution in [3.63, 3.8) is 0 Å². The minimum absolute atomic E-state index is 0.0388.